The minimum atomic E-state index is -5.28. The van der Waals surface area contributed by atoms with E-state index in [9.17, 15) is 21.6 Å². The molecule has 0 spiro atoms. The first-order chi connectivity index (χ1) is 7.83. The molecule has 0 atom stereocenters. The van der Waals surface area contributed by atoms with Gasteiger partial charge in [0.15, 0.2) is 0 Å². The Labute approximate surface area is 95.2 Å². The van der Waals surface area contributed by atoms with Crippen LogP contribution in [0, 0.1) is 0 Å². The second-order valence-corrected chi connectivity index (χ2v) is 4.70. The van der Waals surface area contributed by atoms with Gasteiger partial charge in [-0.25, -0.2) is 18.1 Å². The lowest BCUT2D eigenvalue weighted by atomic mass is 10.5. The van der Waals surface area contributed by atoms with Gasteiger partial charge >= 0.3 is 15.5 Å². The fourth-order valence-electron chi connectivity index (χ4n) is 0.859. The van der Waals surface area contributed by atoms with E-state index in [1.54, 1.807) is 0 Å². The van der Waals surface area contributed by atoms with Crippen molar-refractivity contribution < 1.29 is 26.3 Å². The van der Waals surface area contributed by atoms with Crippen LogP contribution in [-0.2, 0) is 10.0 Å². The van der Waals surface area contributed by atoms with Gasteiger partial charge in [0.05, 0.1) is 6.61 Å². The van der Waals surface area contributed by atoms with Gasteiger partial charge in [-0.05, 0) is 6.42 Å². The molecule has 0 saturated carbocycles. The Hall–Kier alpha value is -1.29. The van der Waals surface area contributed by atoms with Crippen molar-refractivity contribution in [3.63, 3.8) is 0 Å². The minimum Gasteiger partial charge on any atom is -0.465 e. The van der Waals surface area contributed by atoms with Crippen LogP contribution in [0.2, 0.25) is 0 Å². The molecule has 0 aliphatic rings. The third-order valence-electron chi connectivity index (χ3n) is 1.63. The number of ether oxygens (including phenoxy) is 1. The van der Waals surface area contributed by atoms with Gasteiger partial charge in [-0.2, -0.15) is 13.2 Å². The molecule has 2 N–H and O–H groups in total. The summed E-state index contributed by atoms with van der Waals surface area (Å²) in [5.41, 5.74) is -5.28. The van der Waals surface area contributed by atoms with Crippen molar-refractivity contribution in [1.82, 2.24) is 14.7 Å². The summed E-state index contributed by atoms with van der Waals surface area (Å²) < 4.78 is 63.1. The quantitative estimate of drug-likeness (QED) is 0.744. The Morgan fingerprint density at radius 2 is 2.18 bits per heavy atom. The van der Waals surface area contributed by atoms with E-state index in [0.29, 0.717) is 0 Å². The van der Waals surface area contributed by atoms with Gasteiger partial charge in [0.2, 0.25) is 0 Å². The molecule has 0 radical (unpaired) electrons. The SMILES string of the molecule is O=S(=O)(NCCCOc1ncc[nH]1)C(F)(F)F. The van der Waals surface area contributed by atoms with E-state index in [4.69, 9.17) is 4.74 Å². The van der Waals surface area contributed by atoms with Crippen molar-refractivity contribution >= 4 is 10.0 Å². The highest BCUT2D eigenvalue weighted by Gasteiger charge is 2.45. The van der Waals surface area contributed by atoms with Gasteiger partial charge in [0.1, 0.15) is 0 Å². The van der Waals surface area contributed by atoms with Crippen LogP contribution in [0.4, 0.5) is 13.2 Å². The van der Waals surface area contributed by atoms with E-state index in [1.807, 2.05) is 0 Å². The number of aromatic nitrogens is 2. The molecule has 1 heterocycles. The number of nitrogens with zero attached hydrogens (tertiary/aromatic N) is 1. The van der Waals surface area contributed by atoms with E-state index >= 15 is 0 Å². The summed E-state index contributed by atoms with van der Waals surface area (Å²) in [4.78, 5) is 6.32. The zero-order valence-electron chi connectivity index (χ0n) is 8.49. The highest BCUT2D eigenvalue weighted by atomic mass is 32.2. The number of sulfonamides is 1. The predicted octanol–water partition coefficient (Wildman–Crippen LogP) is 0.618. The van der Waals surface area contributed by atoms with Crippen LogP contribution in [0.1, 0.15) is 6.42 Å². The van der Waals surface area contributed by atoms with Gasteiger partial charge in [0, 0.05) is 18.9 Å². The molecule has 0 aliphatic heterocycles. The van der Waals surface area contributed by atoms with Crippen molar-refractivity contribution in [2.75, 3.05) is 13.2 Å². The zero-order chi connectivity index (χ0) is 12.9. The molecule has 0 aromatic carbocycles. The number of H-pyrrole nitrogens is 1. The maximum absolute atomic E-state index is 11.9. The Kier molecular flexibility index (Phi) is 4.34. The molecule has 10 heteroatoms. The first kappa shape index (κ1) is 13.8. The van der Waals surface area contributed by atoms with Crippen molar-refractivity contribution in [3.05, 3.63) is 12.4 Å². The molecular formula is C7H10F3N3O3S. The van der Waals surface area contributed by atoms with Crippen molar-refractivity contribution in [1.29, 1.82) is 0 Å². The summed E-state index contributed by atoms with van der Waals surface area (Å²) in [6.07, 6.45) is 3.05. The van der Waals surface area contributed by atoms with Gasteiger partial charge in [-0.15, -0.1) is 0 Å². The molecule has 0 bridgehead atoms. The van der Waals surface area contributed by atoms with Gasteiger partial charge in [-0.1, -0.05) is 0 Å². The fourth-order valence-corrected chi connectivity index (χ4v) is 1.44. The highest BCUT2D eigenvalue weighted by Crippen LogP contribution is 2.21. The third-order valence-corrected chi connectivity index (χ3v) is 2.82. The summed E-state index contributed by atoms with van der Waals surface area (Å²) in [6.45, 7) is -0.309. The third kappa shape index (κ3) is 4.23. The zero-order valence-corrected chi connectivity index (χ0v) is 9.31. The minimum absolute atomic E-state index is 0.0495. The van der Waals surface area contributed by atoms with Crippen molar-refractivity contribution in [2.24, 2.45) is 0 Å². The van der Waals surface area contributed by atoms with Crippen LogP contribution in [0.5, 0.6) is 6.01 Å². The van der Waals surface area contributed by atoms with E-state index in [2.05, 4.69) is 9.97 Å². The van der Waals surface area contributed by atoms with Crippen LogP contribution in [0.25, 0.3) is 0 Å². The first-order valence-corrected chi connectivity index (χ1v) is 5.99. The fraction of sp³-hybridized carbons (Fsp3) is 0.571. The average Bonchev–Trinajstić information content (AvgIpc) is 2.68. The number of hydrogen-bond acceptors (Lipinski definition) is 4. The van der Waals surface area contributed by atoms with E-state index < -0.39 is 15.5 Å². The highest BCUT2D eigenvalue weighted by molar-refractivity contribution is 7.90. The Bertz CT molecular complexity index is 429. The first-order valence-electron chi connectivity index (χ1n) is 4.51. The average molecular weight is 273 g/mol. The summed E-state index contributed by atoms with van der Waals surface area (Å²) >= 11 is 0. The molecule has 1 aromatic heterocycles. The molecule has 0 aliphatic carbocycles. The van der Waals surface area contributed by atoms with Crippen LogP contribution >= 0.6 is 0 Å². The van der Waals surface area contributed by atoms with Gasteiger partial charge in [-0.3, -0.25) is 0 Å². The van der Waals surface area contributed by atoms with Crippen LogP contribution in [0.3, 0.4) is 0 Å². The summed E-state index contributed by atoms with van der Waals surface area (Å²) in [5.74, 6) is 0. The molecular weight excluding hydrogens is 263 g/mol. The normalized spacial score (nSPS) is 12.6. The lowest BCUT2D eigenvalue weighted by molar-refractivity contribution is -0.0447. The van der Waals surface area contributed by atoms with E-state index in [0.717, 1.165) is 0 Å². The standard InChI is InChI=1S/C7H10F3N3O3S/c8-7(9,10)17(14,15)13-2-1-5-16-6-11-3-4-12-6/h3-4,13H,1-2,5H2,(H,11,12). The van der Waals surface area contributed by atoms with Gasteiger partial charge < -0.3 is 9.72 Å². The number of rotatable bonds is 6. The summed E-state index contributed by atoms with van der Waals surface area (Å²) in [7, 11) is -5.26. The Balaban J connectivity index is 2.21. The van der Waals surface area contributed by atoms with Crippen LogP contribution in [-0.4, -0.2) is 37.0 Å². The molecule has 0 fully saturated rings. The molecule has 1 aromatic rings. The van der Waals surface area contributed by atoms with Crippen molar-refractivity contribution in [3.8, 4) is 6.01 Å². The topological polar surface area (TPSA) is 84.1 Å². The summed E-state index contributed by atoms with van der Waals surface area (Å²) in [6, 6.07) is 0.226. The molecule has 0 saturated heterocycles. The second kappa shape index (κ2) is 5.36. The molecule has 0 amide bonds. The number of imidazole rings is 1. The molecule has 1 rings (SSSR count). The largest absolute Gasteiger partial charge is 0.511 e. The lowest BCUT2D eigenvalue weighted by Crippen LogP contribution is -2.37. The number of halogens is 3. The Morgan fingerprint density at radius 1 is 1.47 bits per heavy atom. The lowest BCUT2D eigenvalue weighted by Gasteiger charge is -2.09. The van der Waals surface area contributed by atoms with E-state index in [-0.39, 0.29) is 25.6 Å². The number of hydrogen-bond donors (Lipinski definition) is 2. The maximum Gasteiger partial charge on any atom is 0.511 e. The number of aromatic amines is 1. The van der Waals surface area contributed by atoms with Crippen LogP contribution in [0.15, 0.2) is 12.4 Å². The number of alkyl halides is 3. The van der Waals surface area contributed by atoms with Crippen LogP contribution < -0.4 is 9.46 Å². The van der Waals surface area contributed by atoms with E-state index in [1.165, 1.54) is 17.1 Å². The summed E-state index contributed by atoms with van der Waals surface area (Å²) in [5, 5.41) is 0. The molecule has 0 unspecified atom stereocenters. The maximum atomic E-state index is 11.9. The predicted molar refractivity (Wildman–Crippen MR) is 51.7 cm³/mol. The number of nitrogens with one attached hydrogen (secondary N) is 2. The van der Waals surface area contributed by atoms with Gasteiger partial charge in [0.25, 0.3) is 6.01 Å². The Morgan fingerprint density at radius 3 is 2.71 bits per heavy atom. The second-order valence-electron chi connectivity index (χ2n) is 2.94. The molecule has 17 heavy (non-hydrogen) atoms. The molecule has 6 nitrogen and oxygen atoms in total. The monoisotopic (exact) mass is 273 g/mol. The molecule has 98 valence electrons. The smallest absolute Gasteiger partial charge is 0.465 e. The van der Waals surface area contributed by atoms with Crippen molar-refractivity contribution in [2.45, 2.75) is 11.9 Å².